The summed E-state index contributed by atoms with van der Waals surface area (Å²) in [7, 11) is 0. The summed E-state index contributed by atoms with van der Waals surface area (Å²) in [6, 6.07) is 14.8. The fraction of sp³-hybridized carbons (Fsp3) is 0.125. The lowest BCUT2D eigenvalue weighted by molar-refractivity contribution is 1.36. The first kappa shape index (κ1) is 9.77. The molecule has 0 aromatic heterocycles. The van der Waals surface area contributed by atoms with Gasteiger partial charge in [-0.25, -0.2) is 0 Å². The van der Waals surface area contributed by atoms with Crippen molar-refractivity contribution in [3.63, 3.8) is 0 Å². The van der Waals surface area contributed by atoms with Gasteiger partial charge in [0.05, 0.1) is 17.1 Å². The Balaban J connectivity index is 1.75. The van der Waals surface area contributed by atoms with Gasteiger partial charge in [-0.2, -0.15) is 0 Å². The molecule has 4 rings (SSSR count). The van der Waals surface area contributed by atoms with Gasteiger partial charge in [-0.3, -0.25) is 9.98 Å². The Morgan fingerprint density at radius 1 is 0.889 bits per heavy atom. The van der Waals surface area contributed by atoms with Crippen LogP contribution < -0.4 is 0 Å². The topological polar surface area (TPSA) is 24.7 Å². The number of fused-ring (bicyclic) bond motifs is 2. The highest BCUT2D eigenvalue weighted by Gasteiger charge is 2.16. The fourth-order valence-electron chi connectivity index (χ4n) is 2.60. The third kappa shape index (κ3) is 1.42. The normalized spacial score (nSPS) is 15.4. The van der Waals surface area contributed by atoms with Gasteiger partial charge in [0.15, 0.2) is 0 Å². The van der Waals surface area contributed by atoms with Crippen LogP contribution in [0.5, 0.6) is 0 Å². The van der Waals surface area contributed by atoms with Crippen molar-refractivity contribution in [2.75, 3.05) is 0 Å². The summed E-state index contributed by atoms with van der Waals surface area (Å²) in [6.07, 6.45) is 3.86. The molecule has 2 heteroatoms. The van der Waals surface area contributed by atoms with Gasteiger partial charge in [0.2, 0.25) is 0 Å². The first-order chi connectivity index (χ1) is 8.90. The summed E-state index contributed by atoms with van der Waals surface area (Å²) < 4.78 is 0. The van der Waals surface area contributed by atoms with Crippen molar-refractivity contribution in [2.24, 2.45) is 9.98 Å². The van der Waals surface area contributed by atoms with Crippen LogP contribution in [0.1, 0.15) is 16.7 Å². The molecule has 0 radical (unpaired) electrons. The summed E-state index contributed by atoms with van der Waals surface area (Å²) >= 11 is 0. The Bertz CT molecular complexity index is 696. The average Bonchev–Trinajstić information content (AvgIpc) is 3.04. The van der Waals surface area contributed by atoms with Gasteiger partial charge in [-0.1, -0.05) is 24.3 Å². The lowest BCUT2D eigenvalue weighted by Gasteiger charge is -2.03. The van der Waals surface area contributed by atoms with E-state index in [0.717, 1.165) is 24.2 Å². The third-order valence-corrected chi connectivity index (χ3v) is 3.56. The molecule has 0 bridgehead atoms. The molecular formula is C16H12N2. The monoisotopic (exact) mass is 232 g/mol. The highest BCUT2D eigenvalue weighted by Crippen LogP contribution is 2.31. The summed E-state index contributed by atoms with van der Waals surface area (Å²) in [5.41, 5.74) is 7.26. The maximum Gasteiger partial charge on any atom is 0.0669 e. The molecule has 0 N–H and O–H groups in total. The Morgan fingerprint density at radius 3 is 2.78 bits per heavy atom. The maximum atomic E-state index is 4.72. The largest absolute Gasteiger partial charge is 0.261 e. The molecule has 2 aromatic rings. The SMILES string of the molecule is C1=Nc2ccc(C3=Nc4ccccc4C3)cc2C1. The summed E-state index contributed by atoms with van der Waals surface area (Å²) in [5.74, 6) is 0. The lowest BCUT2D eigenvalue weighted by Crippen LogP contribution is -2.00. The molecule has 2 heterocycles. The predicted molar refractivity (Wildman–Crippen MR) is 74.6 cm³/mol. The van der Waals surface area contributed by atoms with Crippen LogP contribution in [0.3, 0.4) is 0 Å². The Morgan fingerprint density at radius 2 is 1.83 bits per heavy atom. The molecule has 2 nitrogen and oxygen atoms in total. The highest BCUT2D eigenvalue weighted by molar-refractivity contribution is 6.07. The van der Waals surface area contributed by atoms with Crippen LogP contribution in [-0.2, 0) is 12.8 Å². The zero-order valence-electron chi connectivity index (χ0n) is 9.93. The molecule has 0 saturated carbocycles. The van der Waals surface area contributed by atoms with Gasteiger partial charge in [0, 0.05) is 19.1 Å². The maximum absolute atomic E-state index is 4.72. The Kier molecular flexibility index (Phi) is 1.97. The minimum atomic E-state index is 0.940. The lowest BCUT2D eigenvalue weighted by atomic mass is 10.0. The molecule has 0 saturated heterocycles. The van der Waals surface area contributed by atoms with Crippen molar-refractivity contribution in [3.8, 4) is 0 Å². The molecule has 0 spiro atoms. The molecule has 2 aliphatic heterocycles. The second kappa shape index (κ2) is 3.64. The van der Waals surface area contributed by atoms with Crippen molar-refractivity contribution in [2.45, 2.75) is 12.8 Å². The van der Waals surface area contributed by atoms with Gasteiger partial charge in [-0.15, -0.1) is 0 Å². The van der Waals surface area contributed by atoms with Crippen LogP contribution >= 0.6 is 0 Å². The molecule has 0 fully saturated rings. The van der Waals surface area contributed by atoms with E-state index in [1.807, 2.05) is 12.3 Å². The molecule has 0 aliphatic carbocycles. The van der Waals surface area contributed by atoms with Crippen LogP contribution in [0.4, 0.5) is 11.4 Å². The first-order valence-electron chi connectivity index (χ1n) is 6.21. The number of benzene rings is 2. The predicted octanol–water partition coefficient (Wildman–Crippen LogP) is 3.62. The van der Waals surface area contributed by atoms with E-state index in [9.17, 15) is 0 Å². The van der Waals surface area contributed by atoms with Gasteiger partial charge >= 0.3 is 0 Å². The van der Waals surface area contributed by atoms with E-state index in [1.165, 1.54) is 22.4 Å². The van der Waals surface area contributed by atoms with Gasteiger partial charge in [0.1, 0.15) is 0 Å². The van der Waals surface area contributed by atoms with E-state index in [4.69, 9.17) is 4.99 Å². The van der Waals surface area contributed by atoms with Crippen LogP contribution in [0, 0.1) is 0 Å². The van der Waals surface area contributed by atoms with Crippen molar-refractivity contribution >= 4 is 23.3 Å². The number of hydrogen-bond donors (Lipinski definition) is 0. The summed E-state index contributed by atoms with van der Waals surface area (Å²) in [4.78, 5) is 9.06. The van der Waals surface area contributed by atoms with E-state index in [2.05, 4.69) is 41.4 Å². The number of nitrogens with zero attached hydrogens (tertiary/aromatic N) is 2. The zero-order valence-corrected chi connectivity index (χ0v) is 9.93. The minimum absolute atomic E-state index is 0.940. The van der Waals surface area contributed by atoms with Crippen LogP contribution in [0.2, 0.25) is 0 Å². The van der Waals surface area contributed by atoms with Gasteiger partial charge in [-0.05, 0) is 34.9 Å². The quantitative estimate of drug-likeness (QED) is 0.717. The van der Waals surface area contributed by atoms with Gasteiger partial charge in [0.25, 0.3) is 0 Å². The standard InChI is InChI=1S/C16H12N2/c1-2-4-15-11(3-1)10-16(18-15)12-5-6-14-13(9-12)7-8-17-14/h1-6,8-9H,7,10H2. The smallest absolute Gasteiger partial charge is 0.0669 e. The second-order valence-corrected chi connectivity index (χ2v) is 4.72. The van der Waals surface area contributed by atoms with E-state index in [-0.39, 0.29) is 0 Å². The fourth-order valence-corrected chi connectivity index (χ4v) is 2.60. The van der Waals surface area contributed by atoms with E-state index in [0.29, 0.717) is 0 Å². The Labute approximate surface area is 106 Å². The molecular weight excluding hydrogens is 220 g/mol. The van der Waals surface area contributed by atoms with E-state index >= 15 is 0 Å². The molecule has 86 valence electrons. The van der Waals surface area contributed by atoms with Crippen molar-refractivity contribution < 1.29 is 0 Å². The van der Waals surface area contributed by atoms with E-state index in [1.54, 1.807) is 0 Å². The average molecular weight is 232 g/mol. The second-order valence-electron chi connectivity index (χ2n) is 4.72. The van der Waals surface area contributed by atoms with Gasteiger partial charge < -0.3 is 0 Å². The van der Waals surface area contributed by atoms with Crippen molar-refractivity contribution in [1.29, 1.82) is 0 Å². The summed E-state index contributed by atoms with van der Waals surface area (Å²) in [6.45, 7) is 0. The van der Waals surface area contributed by atoms with Crippen LogP contribution in [-0.4, -0.2) is 11.9 Å². The number of rotatable bonds is 1. The van der Waals surface area contributed by atoms with Crippen LogP contribution in [0.25, 0.3) is 0 Å². The highest BCUT2D eigenvalue weighted by atomic mass is 14.8. The van der Waals surface area contributed by atoms with Crippen molar-refractivity contribution in [1.82, 2.24) is 0 Å². The molecule has 2 aliphatic rings. The molecule has 18 heavy (non-hydrogen) atoms. The number of para-hydroxylation sites is 1. The number of aliphatic imine (C=N–C) groups is 2. The van der Waals surface area contributed by atoms with Crippen LogP contribution in [0.15, 0.2) is 52.4 Å². The minimum Gasteiger partial charge on any atom is -0.261 e. The molecule has 2 aromatic carbocycles. The third-order valence-electron chi connectivity index (χ3n) is 3.56. The Hall–Kier alpha value is -2.22. The molecule has 0 unspecified atom stereocenters. The summed E-state index contributed by atoms with van der Waals surface area (Å²) in [5, 5.41) is 0. The number of hydrogen-bond acceptors (Lipinski definition) is 2. The van der Waals surface area contributed by atoms with E-state index < -0.39 is 0 Å². The van der Waals surface area contributed by atoms with Crippen molar-refractivity contribution in [3.05, 3.63) is 59.2 Å². The molecule has 0 atom stereocenters. The first-order valence-corrected chi connectivity index (χ1v) is 6.21. The zero-order chi connectivity index (χ0) is 11.9. The molecule has 0 amide bonds.